The topological polar surface area (TPSA) is 113 Å². The molecule has 3 aromatic rings. The van der Waals surface area contributed by atoms with E-state index in [9.17, 15) is 14.3 Å². The Kier molecular flexibility index (Phi) is 11.2. The van der Waals surface area contributed by atoms with E-state index >= 15 is 0 Å². The molecule has 9 nitrogen and oxygen atoms in total. The summed E-state index contributed by atoms with van der Waals surface area (Å²) in [5.74, 6) is 0.388. The summed E-state index contributed by atoms with van der Waals surface area (Å²) in [7, 11) is 1.48. The SMILES string of the molecule is COC[C@@H](F)CN(CCCCc1ccc2c(n1)NCCC2)CC[C@H](Nc1cncc(-c2ccccc2)n1)C(=O)O. The van der Waals surface area contributed by atoms with Gasteiger partial charge in [0.1, 0.15) is 23.8 Å². The number of carboxylic acid groups (broad SMARTS) is 1. The number of hydrogen-bond donors (Lipinski definition) is 3. The molecule has 0 unspecified atom stereocenters. The molecule has 2 aromatic heterocycles. The smallest absolute Gasteiger partial charge is 0.326 e. The first kappa shape index (κ1) is 29.4. The number of ether oxygens (including phenoxy) is 1. The van der Waals surface area contributed by atoms with E-state index in [0.29, 0.717) is 24.6 Å². The summed E-state index contributed by atoms with van der Waals surface area (Å²) in [5.41, 5.74) is 3.87. The number of carboxylic acids is 1. The van der Waals surface area contributed by atoms with E-state index in [-0.39, 0.29) is 19.6 Å². The van der Waals surface area contributed by atoms with E-state index in [2.05, 4.69) is 32.7 Å². The maximum Gasteiger partial charge on any atom is 0.326 e. The van der Waals surface area contributed by atoms with Gasteiger partial charge in [-0.25, -0.2) is 19.2 Å². The van der Waals surface area contributed by atoms with Crippen molar-refractivity contribution < 1.29 is 19.0 Å². The molecule has 3 heterocycles. The van der Waals surface area contributed by atoms with Crippen LogP contribution in [0.5, 0.6) is 0 Å². The third kappa shape index (κ3) is 8.96. The summed E-state index contributed by atoms with van der Waals surface area (Å²) in [6.45, 7) is 2.22. The minimum absolute atomic E-state index is 0.00498. The summed E-state index contributed by atoms with van der Waals surface area (Å²) in [4.78, 5) is 27.6. The Bertz CT molecular complexity index is 1220. The maximum absolute atomic E-state index is 14.5. The minimum Gasteiger partial charge on any atom is -0.480 e. The van der Waals surface area contributed by atoms with Gasteiger partial charge >= 0.3 is 5.97 Å². The predicted molar refractivity (Wildman–Crippen MR) is 154 cm³/mol. The van der Waals surface area contributed by atoms with Crippen LogP contribution >= 0.6 is 0 Å². The van der Waals surface area contributed by atoms with Gasteiger partial charge in [-0.2, -0.15) is 0 Å². The van der Waals surface area contributed by atoms with Crippen LogP contribution in [0.2, 0.25) is 0 Å². The second-order valence-corrected chi connectivity index (χ2v) is 10.1. The molecule has 0 saturated heterocycles. The number of unbranched alkanes of at least 4 members (excludes halogenated alkanes) is 1. The maximum atomic E-state index is 14.5. The van der Waals surface area contributed by atoms with Gasteiger partial charge in [0.2, 0.25) is 0 Å². The van der Waals surface area contributed by atoms with Gasteiger partial charge in [0.05, 0.1) is 24.7 Å². The lowest BCUT2D eigenvalue weighted by atomic mass is 10.1. The number of anilines is 2. The molecule has 2 atom stereocenters. The van der Waals surface area contributed by atoms with Gasteiger partial charge in [-0.1, -0.05) is 36.4 Å². The Morgan fingerprint density at radius 3 is 2.80 bits per heavy atom. The quantitative estimate of drug-likeness (QED) is 0.223. The third-order valence-corrected chi connectivity index (χ3v) is 6.97. The van der Waals surface area contributed by atoms with Gasteiger partial charge in [-0.15, -0.1) is 0 Å². The number of aliphatic carboxylic acids is 1. The van der Waals surface area contributed by atoms with Crippen molar-refractivity contribution in [2.75, 3.05) is 50.5 Å². The zero-order chi connectivity index (χ0) is 28.2. The summed E-state index contributed by atoms with van der Waals surface area (Å²) in [6.07, 6.45) is 7.09. The number of hydrogen-bond acceptors (Lipinski definition) is 8. The number of alkyl halides is 1. The fourth-order valence-electron chi connectivity index (χ4n) is 4.89. The second-order valence-electron chi connectivity index (χ2n) is 10.1. The summed E-state index contributed by atoms with van der Waals surface area (Å²) in [5, 5.41) is 16.3. The molecular weight excluding hydrogens is 511 g/mol. The summed E-state index contributed by atoms with van der Waals surface area (Å²) in [6, 6.07) is 12.9. The van der Waals surface area contributed by atoms with Crippen LogP contribution in [0.25, 0.3) is 11.3 Å². The van der Waals surface area contributed by atoms with Crippen LogP contribution < -0.4 is 10.6 Å². The van der Waals surface area contributed by atoms with E-state index in [1.165, 1.54) is 18.9 Å². The van der Waals surface area contributed by atoms with Crippen LogP contribution in [-0.4, -0.2) is 83.0 Å². The number of pyridine rings is 1. The van der Waals surface area contributed by atoms with Crippen molar-refractivity contribution in [1.29, 1.82) is 0 Å². The molecule has 40 heavy (non-hydrogen) atoms. The van der Waals surface area contributed by atoms with E-state index in [1.54, 1.807) is 6.20 Å². The van der Waals surface area contributed by atoms with Gasteiger partial charge in [0.25, 0.3) is 0 Å². The zero-order valence-corrected chi connectivity index (χ0v) is 23.1. The normalized spacial score (nSPS) is 14.3. The molecule has 1 aromatic carbocycles. The number of rotatable bonds is 16. The van der Waals surface area contributed by atoms with E-state index in [0.717, 1.165) is 55.7 Å². The van der Waals surface area contributed by atoms with E-state index < -0.39 is 18.2 Å². The molecule has 0 spiro atoms. The molecule has 0 radical (unpaired) electrons. The fraction of sp³-hybridized carbons (Fsp3) is 0.467. The van der Waals surface area contributed by atoms with Gasteiger partial charge in [0.15, 0.2) is 0 Å². The van der Waals surface area contributed by atoms with Gasteiger partial charge in [-0.3, -0.25) is 4.98 Å². The first-order valence-corrected chi connectivity index (χ1v) is 14.0. The van der Waals surface area contributed by atoms with Crippen LogP contribution in [0.15, 0.2) is 54.9 Å². The molecule has 4 rings (SSSR count). The van der Waals surface area contributed by atoms with Crippen molar-refractivity contribution in [3.05, 3.63) is 66.1 Å². The van der Waals surface area contributed by atoms with Gasteiger partial charge in [0, 0.05) is 38.0 Å². The molecule has 0 amide bonds. The second kappa shape index (κ2) is 15.2. The molecular formula is C30H39FN6O3. The average Bonchev–Trinajstić information content (AvgIpc) is 2.97. The first-order valence-electron chi connectivity index (χ1n) is 14.0. The van der Waals surface area contributed by atoms with Gasteiger partial charge in [-0.05, 0) is 56.7 Å². The first-order chi connectivity index (χ1) is 19.5. The molecule has 0 aliphatic carbocycles. The van der Waals surface area contributed by atoms with Crippen molar-refractivity contribution >= 4 is 17.6 Å². The largest absolute Gasteiger partial charge is 0.480 e. The fourth-order valence-corrected chi connectivity index (χ4v) is 4.89. The number of nitrogens with zero attached hydrogens (tertiary/aromatic N) is 4. The van der Waals surface area contributed by atoms with E-state index in [1.807, 2.05) is 35.2 Å². The summed E-state index contributed by atoms with van der Waals surface area (Å²) >= 11 is 0. The number of aromatic nitrogens is 3. The van der Waals surface area contributed by atoms with Crippen molar-refractivity contribution in [2.24, 2.45) is 0 Å². The molecule has 214 valence electrons. The van der Waals surface area contributed by atoms with Crippen molar-refractivity contribution in [2.45, 2.75) is 50.7 Å². The Hall–Kier alpha value is -3.63. The van der Waals surface area contributed by atoms with Crippen LogP contribution in [0, 0.1) is 0 Å². The highest BCUT2D eigenvalue weighted by atomic mass is 19.1. The highest BCUT2D eigenvalue weighted by Crippen LogP contribution is 2.21. The molecule has 1 aliphatic heterocycles. The zero-order valence-electron chi connectivity index (χ0n) is 23.1. The van der Waals surface area contributed by atoms with Crippen molar-refractivity contribution in [3.63, 3.8) is 0 Å². The average molecular weight is 551 g/mol. The number of fused-ring (bicyclic) bond motifs is 1. The Labute approximate surface area is 235 Å². The molecule has 0 saturated carbocycles. The number of aryl methyl sites for hydroxylation is 2. The van der Waals surface area contributed by atoms with Crippen LogP contribution in [0.4, 0.5) is 16.0 Å². The lowest BCUT2D eigenvalue weighted by molar-refractivity contribution is -0.138. The lowest BCUT2D eigenvalue weighted by Gasteiger charge is -2.26. The number of methoxy groups -OCH3 is 1. The lowest BCUT2D eigenvalue weighted by Crippen LogP contribution is -2.38. The standard InChI is InChI=1S/C30H39FN6O3/c1-40-21-24(31)20-37(16-6-5-11-25-13-12-23-10-7-15-33-29(23)34-25)17-14-26(30(38)39)35-28-19-32-18-27(36-28)22-8-3-2-4-9-22/h2-4,8-9,12-13,18-19,24,26H,5-7,10-11,14-17,20-21H2,1H3,(H,33,34)(H,35,36)(H,38,39)/t24-,26-/m0/s1. The van der Waals surface area contributed by atoms with Crippen molar-refractivity contribution in [1.82, 2.24) is 19.9 Å². The number of halogens is 1. The van der Waals surface area contributed by atoms with Crippen LogP contribution in [0.1, 0.15) is 36.9 Å². The van der Waals surface area contributed by atoms with Crippen molar-refractivity contribution in [3.8, 4) is 11.3 Å². The van der Waals surface area contributed by atoms with Gasteiger partial charge < -0.3 is 25.4 Å². The third-order valence-electron chi connectivity index (χ3n) is 6.97. The molecule has 0 fully saturated rings. The van der Waals surface area contributed by atoms with Crippen LogP contribution in [0.3, 0.4) is 0 Å². The van der Waals surface area contributed by atoms with E-state index in [4.69, 9.17) is 9.72 Å². The van der Waals surface area contributed by atoms with Crippen LogP contribution in [-0.2, 0) is 22.4 Å². The Morgan fingerprint density at radius 2 is 2.00 bits per heavy atom. The number of carbonyl (C=O) groups is 1. The highest BCUT2D eigenvalue weighted by Gasteiger charge is 2.21. The number of benzene rings is 1. The molecule has 0 bridgehead atoms. The minimum atomic E-state index is -1.15. The highest BCUT2D eigenvalue weighted by molar-refractivity contribution is 5.77. The monoisotopic (exact) mass is 550 g/mol. The Balaban J connectivity index is 1.32. The molecule has 10 heteroatoms. The molecule has 3 N–H and O–H groups in total. The predicted octanol–water partition coefficient (Wildman–Crippen LogP) is 4.46. The summed E-state index contributed by atoms with van der Waals surface area (Å²) < 4.78 is 19.5. The number of nitrogens with one attached hydrogen (secondary N) is 2. The molecule has 1 aliphatic rings. The Morgan fingerprint density at radius 1 is 1.15 bits per heavy atom.